The number of carbonyl (C=O) groups excluding carboxylic acids is 1. The summed E-state index contributed by atoms with van der Waals surface area (Å²) in [6.07, 6.45) is -0.203. The number of benzene rings is 1. The van der Waals surface area contributed by atoms with Crippen molar-refractivity contribution in [3.05, 3.63) is 46.7 Å². The highest BCUT2D eigenvalue weighted by molar-refractivity contribution is 7.10. The molecule has 0 radical (unpaired) electrons. The van der Waals surface area contributed by atoms with Crippen molar-refractivity contribution in [3.63, 3.8) is 0 Å². The third kappa shape index (κ3) is 4.74. The lowest BCUT2D eigenvalue weighted by Gasteiger charge is -2.29. The van der Waals surface area contributed by atoms with Crippen molar-refractivity contribution in [2.24, 2.45) is 0 Å². The number of tetrazole rings is 1. The van der Waals surface area contributed by atoms with E-state index in [1.165, 1.54) is 0 Å². The van der Waals surface area contributed by atoms with Crippen molar-refractivity contribution in [1.29, 1.82) is 0 Å². The summed E-state index contributed by atoms with van der Waals surface area (Å²) in [4.78, 5) is 15.8. The third-order valence-corrected chi connectivity index (χ3v) is 7.34. The minimum atomic E-state index is -0.285. The molecule has 0 unspecified atom stereocenters. The van der Waals surface area contributed by atoms with Gasteiger partial charge in [-0.2, -0.15) is 4.68 Å². The van der Waals surface area contributed by atoms with Gasteiger partial charge in [-0.3, -0.25) is 4.79 Å². The number of anilines is 1. The van der Waals surface area contributed by atoms with Gasteiger partial charge in [0.1, 0.15) is 24.0 Å². The van der Waals surface area contributed by atoms with Crippen LogP contribution in [0, 0.1) is 0 Å². The van der Waals surface area contributed by atoms with Crippen molar-refractivity contribution in [2.45, 2.75) is 30.7 Å². The zero-order chi connectivity index (χ0) is 23.6. The van der Waals surface area contributed by atoms with Crippen molar-refractivity contribution in [1.82, 2.24) is 25.5 Å². The second kappa shape index (κ2) is 9.90. The van der Waals surface area contributed by atoms with Crippen LogP contribution in [0.5, 0.6) is 11.8 Å². The molecule has 1 aromatic carbocycles. The van der Waals surface area contributed by atoms with Crippen LogP contribution >= 0.6 is 11.3 Å². The number of hydrogen-bond donors (Lipinski definition) is 1. The highest BCUT2D eigenvalue weighted by Gasteiger charge is 2.50. The summed E-state index contributed by atoms with van der Waals surface area (Å²) < 4.78 is 25.2. The first-order valence-electron chi connectivity index (χ1n) is 11.7. The number of nitrogens with one attached hydrogen (secondary N) is 1. The first kappa shape index (κ1) is 22.4. The molecule has 3 aromatic rings. The second-order valence-corrected chi connectivity index (χ2v) is 9.73. The smallest absolute Gasteiger partial charge is 0.341 e. The number of hydrogen-bond acceptors (Lipinski definition) is 10. The molecular formula is C23H26N6O5S. The summed E-state index contributed by atoms with van der Waals surface area (Å²) in [5, 5.41) is 17.1. The number of aromatic nitrogens is 4. The van der Waals surface area contributed by atoms with E-state index in [1.54, 1.807) is 16.0 Å². The highest BCUT2D eigenvalue weighted by Crippen LogP contribution is 2.36. The molecule has 12 heteroatoms. The van der Waals surface area contributed by atoms with E-state index in [1.807, 2.05) is 35.7 Å². The number of carbonyl (C=O) groups is 1. The average Bonchev–Trinajstić information content (AvgIpc) is 3.67. The first-order chi connectivity index (χ1) is 17.2. The average molecular weight is 499 g/mol. The van der Waals surface area contributed by atoms with E-state index in [9.17, 15) is 4.79 Å². The fraction of sp³-hybridized carbons (Fsp3) is 0.478. The van der Waals surface area contributed by atoms with E-state index in [4.69, 9.17) is 18.9 Å². The van der Waals surface area contributed by atoms with Crippen LogP contribution in [-0.2, 0) is 25.4 Å². The lowest BCUT2D eigenvalue weighted by atomic mass is 10.1. The van der Waals surface area contributed by atoms with Crippen LogP contribution in [-0.4, -0.2) is 83.9 Å². The summed E-state index contributed by atoms with van der Waals surface area (Å²) in [5.41, 5.74) is 1.06. The Morgan fingerprint density at radius 2 is 2.03 bits per heavy atom. The molecule has 35 heavy (non-hydrogen) atoms. The molecule has 0 spiro atoms. The number of ether oxygens (including phenoxy) is 4. The molecule has 0 saturated carbocycles. The number of morpholine rings is 1. The van der Waals surface area contributed by atoms with Gasteiger partial charge in [0.2, 0.25) is 5.91 Å². The molecule has 11 nitrogen and oxygen atoms in total. The maximum atomic E-state index is 12.5. The predicted octanol–water partition coefficient (Wildman–Crippen LogP) is 1.43. The zero-order valence-electron chi connectivity index (χ0n) is 19.0. The molecule has 3 aliphatic rings. The lowest BCUT2D eigenvalue weighted by Crippen LogP contribution is -2.44. The van der Waals surface area contributed by atoms with Gasteiger partial charge >= 0.3 is 6.01 Å². The Kier molecular flexibility index (Phi) is 6.34. The molecule has 6 rings (SSSR count). The summed E-state index contributed by atoms with van der Waals surface area (Å²) in [5.74, 6) is 0.604. The van der Waals surface area contributed by atoms with Gasteiger partial charge in [-0.15, -0.1) is 11.3 Å². The van der Waals surface area contributed by atoms with Crippen LogP contribution in [0.15, 0.2) is 41.8 Å². The van der Waals surface area contributed by atoms with Gasteiger partial charge < -0.3 is 29.2 Å². The maximum Gasteiger partial charge on any atom is 0.341 e. The van der Waals surface area contributed by atoms with E-state index in [-0.39, 0.29) is 36.2 Å². The van der Waals surface area contributed by atoms with Gasteiger partial charge in [0.25, 0.3) is 0 Å². The van der Waals surface area contributed by atoms with Gasteiger partial charge in [0, 0.05) is 29.7 Å². The summed E-state index contributed by atoms with van der Waals surface area (Å²) in [6, 6.07) is 11.5. The summed E-state index contributed by atoms with van der Waals surface area (Å²) in [6.45, 7) is 3.84. The molecule has 0 bridgehead atoms. The maximum absolute atomic E-state index is 12.5. The molecule has 4 atom stereocenters. The molecule has 1 N–H and O–H groups in total. The molecule has 184 valence electrons. The van der Waals surface area contributed by atoms with E-state index in [0.29, 0.717) is 38.6 Å². The Bertz CT molecular complexity index is 1150. The minimum Gasteiger partial charge on any atom is -0.423 e. The van der Waals surface area contributed by atoms with Crippen molar-refractivity contribution < 1.29 is 23.7 Å². The normalized spacial score (nSPS) is 26.0. The Labute approximate surface area is 205 Å². The third-order valence-electron chi connectivity index (χ3n) is 6.47. The Balaban J connectivity index is 1.11. The van der Waals surface area contributed by atoms with Gasteiger partial charge in [-0.25, -0.2) is 0 Å². The molecule has 1 amide bonds. The van der Waals surface area contributed by atoms with Crippen LogP contribution in [0.3, 0.4) is 0 Å². The fourth-order valence-electron chi connectivity index (χ4n) is 4.77. The number of thiophene rings is 1. The van der Waals surface area contributed by atoms with Crippen LogP contribution in [0.1, 0.15) is 10.9 Å². The van der Waals surface area contributed by atoms with Crippen LogP contribution in [0.2, 0.25) is 0 Å². The van der Waals surface area contributed by atoms with Crippen LogP contribution in [0.4, 0.5) is 5.69 Å². The highest BCUT2D eigenvalue weighted by atomic mass is 32.1. The largest absolute Gasteiger partial charge is 0.423 e. The zero-order valence-corrected chi connectivity index (χ0v) is 19.8. The number of rotatable bonds is 7. The first-order valence-corrected chi connectivity index (χ1v) is 12.6. The summed E-state index contributed by atoms with van der Waals surface area (Å²) >= 11 is 1.57. The molecule has 3 aliphatic heterocycles. The number of fused-ring (bicyclic) bond motifs is 1. The van der Waals surface area contributed by atoms with E-state index < -0.39 is 0 Å². The van der Waals surface area contributed by atoms with Gasteiger partial charge in [0.15, 0.2) is 0 Å². The predicted molar refractivity (Wildman–Crippen MR) is 126 cm³/mol. The van der Waals surface area contributed by atoms with Crippen molar-refractivity contribution in [3.8, 4) is 11.8 Å². The standard InChI is InChI=1S/C23H26N6O5S/c30-20(12-17-5-2-10-35-17)24-18-13-32-22-19(14-33-21(18)22)29-23(25-26-27-29)34-16-4-1-3-15(11-16)28-6-8-31-9-7-28/h1-5,10-11,18-19,21-22H,6-9,12-14H2,(H,24,30)/t18-,19-,21+,22+/m0/s1. The lowest BCUT2D eigenvalue weighted by molar-refractivity contribution is -0.121. The van der Waals surface area contributed by atoms with E-state index in [0.717, 1.165) is 23.7 Å². The summed E-state index contributed by atoms with van der Waals surface area (Å²) in [7, 11) is 0. The van der Waals surface area contributed by atoms with Gasteiger partial charge in [0.05, 0.1) is 38.9 Å². The van der Waals surface area contributed by atoms with E-state index in [2.05, 4.69) is 31.8 Å². The van der Waals surface area contributed by atoms with E-state index >= 15 is 0 Å². The number of amides is 1. The molecule has 3 saturated heterocycles. The topological polar surface area (TPSA) is 113 Å². The van der Waals surface area contributed by atoms with Gasteiger partial charge in [-0.1, -0.05) is 17.2 Å². The quantitative estimate of drug-likeness (QED) is 0.517. The monoisotopic (exact) mass is 498 g/mol. The SMILES string of the molecule is O=C(Cc1cccs1)N[C@H]1CO[C@H]2[C@@H]1OC[C@@H]2n1nnnc1Oc1cccc(N2CCOCC2)c1. The minimum absolute atomic E-state index is 0.0413. The number of nitrogens with zero attached hydrogens (tertiary/aromatic N) is 5. The second-order valence-electron chi connectivity index (χ2n) is 8.70. The van der Waals surface area contributed by atoms with Crippen molar-refractivity contribution in [2.75, 3.05) is 44.4 Å². The van der Waals surface area contributed by atoms with Crippen molar-refractivity contribution >= 4 is 22.9 Å². The van der Waals surface area contributed by atoms with Crippen LogP contribution in [0.25, 0.3) is 0 Å². The Hall–Kier alpha value is -3.06. The molecular weight excluding hydrogens is 472 g/mol. The van der Waals surface area contributed by atoms with Crippen LogP contribution < -0.4 is 15.0 Å². The molecule has 2 aromatic heterocycles. The fourth-order valence-corrected chi connectivity index (χ4v) is 5.48. The van der Waals surface area contributed by atoms with Gasteiger partial charge in [-0.05, 0) is 34.0 Å². The molecule has 0 aliphatic carbocycles. The Morgan fingerprint density at radius 1 is 1.14 bits per heavy atom. The molecule has 5 heterocycles. The molecule has 3 fully saturated rings. The Morgan fingerprint density at radius 3 is 2.89 bits per heavy atom.